The first-order valence-corrected chi connectivity index (χ1v) is 7.09. The Bertz CT molecular complexity index is 638. The highest BCUT2D eigenvalue weighted by molar-refractivity contribution is 7.84. The molecule has 3 nitrogen and oxygen atoms in total. The molecule has 106 valence electrons. The normalized spacial score (nSPS) is 12.2. The fourth-order valence-electron chi connectivity index (χ4n) is 1.83. The van der Waals surface area contributed by atoms with Gasteiger partial charge in [-0.05, 0) is 18.2 Å². The van der Waals surface area contributed by atoms with Crippen LogP contribution < -0.4 is 10.5 Å². The molecular weight excluding hydrogens is 284 g/mol. The number of halogens is 2. The van der Waals surface area contributed by atoms with Gasteiger partial charge in [-0.3, -0.25) is 4.21 Å². The van der Waals surface area contributed by atoms with E-state index in [4.69, 9.17) is 10.5 Å². The van der Waals surface area contributed by atoms with Gasteiger partial charge in [0.2, 0.25) is 0 Å². The Morgan fingerprint density at radius 3 is 2.40 bits per heavy atom. The van der Waals surface area contributed by atoms with Gasteiger partial charge in [0.25, 0.3) is 0 Å². The maximum atomic E-state index is 13.7. The molecule has 0 spiro atoms. The van der Waals surface area contributed by atoms with Gasteiger partial charge in [0.1, 0.15) is 22.3 Å². The van der Waals surface area contributed by atoms with Gasteiger partial charge in [-0.25, -0.2) is 8.78 Å². The van der Waals surface area contributed by atoms with Gasteiger partial charge >= 0.3 is 0 Å². The van der Waals surface area contributed by atoms with Crippen molar-refractivity contribution < 1.29 is 17.7 Å². The molecule has 6 heteroatoms. The second kappa shape index (κ2) is 6.00. The molecule has 0 radical (unpaired) electrons. The maximum Gasteiger partial charge on any atom is 0.144 e. The van der Waals surface area contributed by atoms with Gasteiger partial charge in [-0.1, -0.05) is 18.2 Å². The first kappa shape index (κ1) is 14.5. The van der Waals surface area contributed by atoms with Gasteiger partial charge in [0, 0.05) is 11.3 Å². The summed E-state index contributed by atoms with van der Waals surface area (Å²) in [5.74, 6) is -1.33. The highest BCUT2D eigenvalue weighted by atomic mass is 32.2. The van der Waals surface area contributed by atoms with E-state index >= 15 is 0 Å². The second-order valence-electron chi connectivity index (χ2n) is 4.12. The molecule has 2 aromatic rings. The zero-order valence-corrected chi connectivity index (χ0v) is 11.5. The fraction of sp³-hybridized carbons (Fsp3) is 0.143. The molecule has 0 saturated heterocycles. The molecule has 0 amide bonds. The summed E-state index contributed by atoms with van der Waals surface area (Å²) in [5.41, 5.74) is 5.90. The number of hydrogen-bond donors (Lipinski definition) is 1. The van der Waals surface area contributed by atoms with Gasteiger partial charge < -0.3 is 10.5 Å². The van der Waals surface area contributed by atoms with E-state index in [0.29, 0.717) is 11.3 Å². The molecule has 0 saturated carbocycles. The largest absolute Gasteiger partial charge is 0.496 e. The number of para-hydroxylation sites is 1. The first-order chi connectivity index (χ1) is 9.52. The van der Waals surface area contributed by atoms with Crippen LogP contribution in [-0.2, 0) is 16.6 Å². The molecule has 1 atom stereocenters. The van der Waals surface area contributed by atoms with Gasteiger partial charge in [0.05, 0.1) is 23.7 Å². The number of hydrogen-bond acceptors (Lipinski definition) is 3. The predicted octanol–water partition coefficient (Wildman–Crippen LogP) is 2.86. The van der Waals surface area contributed by atoms with Crippen LogP contribution in [0.15, 0.2) is 41.3 Å². The smallest absolute Gasteiger partial charge is 0.144 e. The summed E-state index contributed by atoms with van der Waals surface area (Å²) in [4.78, 5) is -0.467. The lowest BCUT2D eigenvalue weighted by Gasteiger charge is -2.09. The molecule has 2 aromatic carbocycles. The van der Waals surface area contributed by atoms with E-state index in [-0.39, 0.29) is 11.4 Å². The summed E-state index contributed by atoms with van der Waals surface area (Å²) >= 11 is 0. The van der Waals surface area contributed by atoms with E-state index in [1.165, 1.54) is 7.11 Å². The van der Waals surface area contributed by atoms with Crippen LogP contribution in [0.2, 0.25) is 0 Å². The van der Waals surface area contributed by atoms with Crippen LogP contribution in [0.1, 0.15) is 5.56 Å². The third kappa shape index (κ3) is 2.96. The number of nitrogens with two attached hydrogens (primary N) is 1. The second-order valence-corrected chi connectivity index (χ2v) is 5.50. The monoisotopic (exact) mass is 297 g/mol. The molecule has 0 fully saturated rings. The van der Waals surface area contributed by atoms with Crippen LogP contribution in [0.3, 0.4) is 0 Å². The quantitative estimate of drug-likeness (QED) is 0.883. The number of anilines is 1. The summed E-state index contributed by atoms with van der Waals surface area (Å²) in [5, 5.41) is 0. The number of benzene rings is 2. The molecule has 0 heterocycles. The van der Waals surface area contributed by atoms with Crippen LogP contribution in [0.25, 0.3) is 0 Å². The van der Waals surface area contributed by atoms with Crippen molar-refractivity contribution in [1.82, 2.24) is 0 Å². The average molecular weight is 297 g/mol. The third-order valence-corrected chi connectivity index (χ3v) is 4.15. The fourth-order valence-corrected chi connectivity index (χ4v) is 3.05. The van der Waals surface area contributed by atoms with Crippen LogP contribution >= 0.6 is 0 Å². The minimum atomic E-state index is -1.86. The van der Waals surface area contributed by atoms with Crippen molar-refractivity contribution in [3.05, 3.63) is 53.6 Å². The summed E-state index contributed by atoms with van der Waals surface area (Å²) in [7, 11) is -0.385. The highest BCUT2D eigenvalue weighted by Gasteiger charge is 2.18. The van der Waals surface area contributed by atoms with Crippen molar-refractivity contribution in [2.45, 2.75) is 10.6 Å². The van der Waals surface area contributed by atoms with Crippen molar-refractivity contribution in [3.8, 4) is 5.75 Å². The first-order valence-electron chi connectivity index (χ1n) is 5.77. The Labute approximate surface area is 117 Å². The van der Waals surface area contributed by atoms with Crippen molar-refractivity contribution in [1.29, 1.82) is 0 Å². The molecule has 2 rings (SSSR count). The summed E-state index contributed by atoms with van der Waals surface area (Å²) in [6, 6.07) is 8.81. The zero-order chi connectivity index (χ0) is 14.7. The van der Waals surface area contributed by atoms with Gasteiger partial charge in [0.15, 0.2) is 0 Å². The van der Waals surface area contributed by atoms with Crippen molar-refractivity contribution >= 4 is 16.5 Å². The van der Waals surface area contributed by atoms with Crippen LogP contribution in [0, 0.1) is 11.6 Å². The van der Waals surface area contributed by atoms with Gasteiger partial charge in [-0.15, -0.1) is 0 Å². The molecule has 2 N–H and O–H groups in total. The summed E-state index contributed by atoms with van der Waals surface area (Å²) in [6.45, 7) is 0. The lowest BCUT2D eigenvalue weighted by atomic mass is 10.2. The minimum absolute atomic E-state index is 0.0399. The Balaban J connectivity index is 2.34. The Kier molecular flexibility index (Phi) is 4.34. The Hall–Kier alpha value is -1.95. The summed E-state index contributed by atoms with van der Waals surface area (Å²) in [6.07, 6.45) is 0. The van der Waals surface area contributed by atoms with E-state index in [1.54, 1.807) is 24.3 Å². The molecule has 0 aliphatic carbocycles. The predicted molar refractivity (Wildman–Crippen MR) is 73.9 cm³/mol. The van der Waals surface area contributed by atoms with Crippen LogP contribution in [0.5, 0.6) is 5.75 Å². The SMILES string of the molecule is COc1ccccc1CS(=O)c1c(F)cc(N)cc1F. The van der Waals surface area contributed by atoms with Crippen LogP contribution in [-0.4, -0.2) is 11.3 Å². The molecule has 0 aromatic heterocycles. The van der Waals surface area contributed by atoms with Crippen molar-refractivity contribution in [2.24, 2.45) is 0 Å². The third-order valence-electron chi connectivity index (χ3n) is 2.73. The molecule has 1 unspecified atom stereocenters. The molecule has 0 aliphatic heterocycles. The highest BCUT2D eigenvalue weighted by Crippen LogP contribution is 2.25. The van der Waals surface area contributed by atoms with Crippen molar-refractivity contribution in [2.75, 3.05) is 12.8 Å². The standard InChI is InChI=1S/C14H13F2NO2S/c1-19-13-5-3-2-4-9(13)8-20(18)14-11(15)6-10(17)7-12(14)16/h2-7H,8,17H2,1H3. The molecule has 0 bridgehead atoms. The van der Waals surface area contributed by atoms with E-state index in [9.17, 15) is 13.0 Å². The lowest BCUT2D eigenvalue weighted by molar-refractivity contribution is 0.411. The number of ether oxygens (including phenoxy) is 1. The molecule has 20 heavy (non-hydrogen) atoms. The lowest BCUT2D eigenvalue weighted by Crippen LogP contribution is -2.05. The molecular formula is C14H13F2NO2S. The molecule has 0 aliphatic rings. The Morgan fingerprint density at radius 1 is 1.20 bits per heavy atom. The zero-order valence-electron chi connectivity index (χ0n) is 10.7. The van der Waals surface area contributed by atoms with E-state index < -0.39 is 27.3 Å². The average Bonchev–Trinajstić information content (AvgIpc) is 2.38. The number of rotatable bonds is 4. The van der Waals surface area contributed by atoms with Crippen LogP contribution in [0.4, 0.5) is 14.5 Å². The van der Waals surface area contributed by atoms with Crippen molar-refractivity contribution in [3.63, 3.8) is 0 Å². The van der Waals surface area contributed by atoms with Gasteiger partial charge in [-0.2, -0.15) is 0 Å². The summed E-state index contributed by atoms with van der Waals surface area (Å²) < 4.78 is 44.7. The van der Waals surface area contributed by atoms with E-state index in [1.807, 2.05) is 0 Å². The topological polar surface area (TPSA) is 52.3 Å². The maximum absolute atomic E-state index is 13.7. The number of nitrogen functional groups attached to an aromatic ring is 1. The van der Waals surface area contributed by atoms with E-state index in [2.05, 4.69) is 0 Å². The number of methoxy groups -OCH3 is 1. The minimum Gasteiger partial charge on any atom is -0.496 e. The van der Waals surface area contributed by atoms with E-state index in [0.717, 1.165) is 12.1 Å². The Morgan fingerprint density at radius 2 is 1.80 bits per heavy atom.